The molecule has 2 N–H and O–H groups in total. The maximum absolute atomic E-state index is 5.43. The number of anilines is 2. The third-order valence-corrected chi connectivity index (χ3v) is 3.66. The molecule has 3 rings (SSSR count). The normalized spacial score (nSPS) is 19.8. The second-order valence-corrected chi connectivity index (χ2v) is 5.11. The zero-order valence-electron chi connectivity index (χ0n) is 11.8. The number of para-hydroxylation sites is 2. The van der Waals surface area contributed by atoms with E-state index in [1.807, 2.05) is 0 Å². The molecule has 5 heteroatoms. The van der Waals surface area contributed by atoms with E-state index in [4.69, 9.17) is 4.74 Å². The lowest BCUT2D eigenvalue weighted by Gasteiger charge is -2.30. The molecule has 20 heavy (non-hydrogen) atoms. The van der Waals surface area contributed by atoms with Crippen molar-refractivity contribution in [3.8, 4) is 0 Å². The molecule has 1 aromatic rings. The third-order valence-electron chi connectivity index (χ3n) is 3.66. The van der Waals surface area contributed by atoms with Crippen LogP contribution in [0.3, 0.4) is 0 Å². The van der Waals surface area contributed by atoms with Gasteiger partial charge in [0.2, 0.25) is 0 Å². The molecule has 0 aromatic heterocycles. The van der Waals surface area contributed by atoms with Crippen molar-refractivity contribution in [3.63, 3.8) is 0 Å². The largest absolute Gasteiger partial charge is 0.378 e. The first kappa shape index (κ1) is 13.2. The number of rotatable bonds is 2. The summed E-state index contributed by atoms with van der Waals surface area (Å²) in [6.45, 7) is 5.37. The van der Waals surface area contributed by atoms with E-state index in [-0.39, 0.29) is 0 Å². The van der Waals surface area contributed by atoms with E-state index in [9.17, 15) is 0 Å². The van der Waals surface area contributed by atoms with Crippen LogP contribution in [-0.2, 0) is 4.74 Å². The number of aliphatic imine (C=N–C) groups is 1. The van der Waals surface area contributed by atoms with Crippen molar-refractivity contribution >= 4 is 17.3 Å². The van der Waals surface area contributed by atoms with Gasteiger partial charge in [0, 0.05) is 26.2 Å². The molecule has 1 saturated heterocycles. The Morgan fingerprint density at radius 3 is 2.90 bits per heavy atom. The average Bonchev–Trinajstić information content (AvgIpc) is 2.77. The van der Waals surface area contributed by atoms with Gasteiger partial charge in [-0.15, -0.1) is 0 Å². The minimum Gasteiger partial charge on any atom is -0.378 e. The highest BCUT2D eigenvalue weighted by Gasteiger charge is 2.15. The van der Waals surface area contributed by atoms with Gasteiger partial charge < -0.3 is 20.3 Å². The molecule has 0 radical (unpaired) electrons. The lowest BCUT2D eigenvalue weighted by atomic mass is 10.2. The second kappa shape index (κ2) is 6.61. The minimum atomic E-state index is 0.799. The van der Waals surface area contributed by atoms with Gasteiger partial charge in [-0.05, 0) is 25.0 Å². The fourth-order valence-electron chi connectivity index (χ4n) is 2.56. The van der Waals surface area contributed by atoms with E-state index >= 15 is 0 Å². The van der Waals surface area contributed by atoms with Gasteiger partial charge in [-0.2, -0.15) is 0 Å². The average molecular weight is 274 g/mol. The molecule has 0 unspecified atom stereocenters. The number of guanidine groups is 1. The summed E-state index contributed by atoms with van der Waals surface area (Å²) in [4.78, 5) is 6.92. The number of nitrogens with one attached hydrogen (secondary N) is 2. The summed E-state index contributed by atoms with van der Waals surface area (Å²) in [5.41, 5.74) is 2.34. The first-order valence-corrected chi connectivity index (χ1v) is 7.40. The van der Waals surface area contributed by atoms with E-state index in [1.54, 1.807) is 0 Å². The van der Waals surface area contributed by atoms with Crippen molar-refractivity contribution in [1.82, 2.24) is 5.32 Å². The Labute approximate surface area is 120 Å². The first-order valence-electron chi connectivity index (χ1n) is 7.40. The molecule has 0 atom stereocenters. The molecule has 0 amide bonds. The van der Waals surface area contributed by atoms with Crippen molar-refractivity contribution in [1.29, 1.82) is 0 Å². The highest BCUT2D eigenvalue weighted by molar-refractivity contribution is 5.96. The molecule has 0 saturated carbocycles. The van der Waals surface area contributed by atoms with Crippen LogP contribution >= 0.6 is 0 Å². The number of nitrogens with zero attached hydrogens (tertiary/aromatic N) is 2. The number of morpholine rings is 1. The van der Waals surface area contributed by atoms with Gasteiger partial charge in [-0.3, -0.25) is 4.99 Å². The van der Waals surface area contributed by atoms with Gasteiger partial charge in [0.05, 0.1) is 24.6 Å². The number of hydrogen-bond acceptors (Lipinski definition) is 5. The standard InChI is InChI=1S/C15H22N4O/c1-2-6-14(19-9-11-20-12-10-19)13(5-1)18-15-16-7-3-4-8-17-15/h1-2,5-6H,3-4,7-12H2,(H2,16,17,18). The number of ether oxygens (including phenoxy) is 1. The van der Waals surface area contributed by atoms with Crippen molar-refractivity contribution in [2.24, 2.45) is 4.99 Å². The first-order chi connectivity index (χ1) is 9.93. The number of hydrogen-bond donors (Lipinski definition) is 2. The fourth-order valence-corrected chi connectivity index (χ4v) is 2.56. The minimum absolute atomic E-state index is 0.799. The predicted molar refractivity (Wildman–Crippen MR) is 82.6 cm³/mol. The highest BCUT2D eigenvalue weighted by atomic mass is 16.5. The summed E-state index contributed by atoms with van der Waals surface area (Å²) in [5, 5.41) is 6.80. The molecule has 1 aromatic carbocycles. The second-order valence-electron chi connectivity index (χ2n) is 5.11. The Bertz CT molecular complexity index is 469. The maximum atomic E-state index is 5.43. The van der Waals surface area contributed by atoms with Crippen LogP contribution in [0.4, 0.5) is 11.4 Å². The smallest absolute Gasteiger partial charge is 0.195 e. The molecular weight excluding hydrogens is 252 g/mol. The van der Waals surface area contributed by atoms with Gasteiger partial charge in [-0.1, -0.05) is 12.1 Å². The van der Waals surface area contributed by atoms with Gasteiger partial charge in [-0.25, -0.2) is 0 Å². The summed E-state index contributed by atoms with van der Waals surface area (Å²) in [5.74, 6) is 0.892. The summed E-state index contributed by atoms with van der Waals surface area (Å²) in [6, 6.07) is 8.41. The fraction of sp³-hybridized carbons (Fsp3) is 0.533. The van der Waals surface area contributed by atoms with Gasteiger partial charge in [0.1, 0.15) is 0 Å². The van der Waals surface area contributed by atoms with Crippen LogP contribution in [0.1, 0.15) is 12.8 Å². The van der Waals surface area contributed by atoms with Crippen molar-refractivity contribution in [3.05, 3.63) is 24.3 Å². The molecule has 2 aliphatic rings. The molecular formula is C15H22N4O. The van der Waals surface area contributed by atoms with Crippen LogP contribution < -0.4 is 15.5 Å². The SMILES string of the molecule is c1ccc(N2CCOCC2)c(NC2=NCCCCN2)c1. The van der Waals surface area contributed by atoms with Gasteiger partial charge in [0.25, 0.3) is 0 Å². The monoisotopic (exact) mass is 274 g/mol. The zero-order valence-corrected chi connectivity index (χ0v) is 11.8. The van der Waals surface area contributed by atoms with Crippen LogP contribution in [-0.4, -0.2) is 45.4 Å². The summed E-state index contributed by atoms with van der Waals surface area (Å²) in [7, 11) is 0. The van der Waals surface area contributed by atoms with Crippen molar-refractivity contribution in [2.45, 2.75) is 12.8 Å². The quantitative estimate of drug-likeness (QED) is 0.861. The Hall–Kier alpha value is -1.75. The molecule has 0 bridgehead atoms. The lowest BCUT2D eigenvalue weighted by molar-refractivity contribution is 0.123. The van der Waals surface area contributed by atoms with Crippen molar-refractivity contribution in [2.75, 3.05) is 49.6 Å². The summed E-state index contributed by atoms with van der Waals surface area (Å²) < 4.78 is 5.43. The molecule has 2 heterocycles. The van der Waals surface area contributed by atoms with Crippen LogP contribution in [0.2, 0.25) is 0 Å². The summed E-state index contributed by atoms with van der Waals surface area (Å²) >= 11 is 0. The van der Waals surface area contributed by atoms with E-state index < -0.39 is 0 Å². The highest BCUT2D eigenvalue weighted by Crippen LogP contribution is 2.26. The lowest BCUT2D eigenvalue weighted by Crippen LogP contribution is -2.37. The molecule has 1 fully saturated rings. The zero-order chi connectivity index (χ0) is 13.6. The molecule has 2 aliphatic heterocycles. The Kier molecular flexibility index (Phi) is 4.38. The van der Waals surface area contributed by atoms with E-state index in [1.165, 1.54) is 12.1 Å². The number of benzene rings is 1. The van der Waals surface area contributed by atoms with E-state index in [0.29, 0.717) is 0 Å². The molecule has 0 aliphatic carbocycles. The predicted octanol–water partition coefficient (Wildman–Crippen LogP) is 1.67. The van der Waals surface area contributed by atoms with Crippen molar-refractivity contribution < 1.29 is 4.74 Å². The Balaban J connectivity index is 1.76. The molecule has 0 spiro atoms. The van der Waals surface area contributed by atoms with E-state index in [0.717, 1.165) is 57.5 Å². The van der Waals surface area contributed by atoms with Gasteiger partial charge in [0.15, 0.2) is 5.96 Å². The van der Waals surface area contributed by atoms with Crippen LogP contribution in [0.5, 0.6) is 0 Å². The molecule has 108 valence electrons. The third kappa shape index (κ3) is 3.22. The maximum Gasteiger partial charge on any atom is 0.195 e. The van der Waals surface area contributed by atoms with Gasteiger partial charge >= 0.3 is 0 Å². The van der Waals surface area contributed by atoms with E-state index in [2.05, 4.69) is 44.8 Å². The topological polar surface area (TPSA) is 48.9 Å². The van der Waals surface area contributed by atoms with Crippen LogP contribution in [0.15, 0.2) is 29.3 Å². The molecule has 5 nitrogen and oxygen atoms in total. The summed E-state index contributed by atoms with van der Waals surface area (Å²) in [6.07, 6.45) is 2.34. The van der Waals surface area contributed by atoms with Crippen LogP contribution in [0, 0.1) is 0 Å². The Morgan fingerprint density at radius 1 is 1.15 bits per heavy atom. The Morgan fingerprint density at radius 2 is 2.00 bits per heavy atom. The van der Waals surface area contributed by atoms with Crippen LogP contribution in [0.25, 0.3) is 0 Å².